The molecule has 0 spiro atoms. The van der Waals surface area contributed by atoms with Crippen molar-refractivity contribution in [2.75, 3.05) is 0 Å². The Morgan fingerprint density at radius 3 is 2.89 bits per heavy atom. The molecule has 0 saturated heterocycles. The Labute approximate surface area is 109 Å². The number of carboxylic acid groups (broad SMARTS) is 1. The Balaban J connectivity index is 2.13. The van der Waals surface area contributed by atoms with Crippen molar-refractivity contribution in [3.63, 3.8) is 0 Å². The summed E-state index contributed by atoms with van der Waals surface area (Å²) in [6.07, 6.45) is 1.44. The van der Waals surface area contributed by atoms with Gasteiger partial charge >= 0.3 is 5.97 Å². The van der Waals surface area contributed by atoms with Crippen molar-refractivity contribution in [1.29, 1.82) is 0 Å². The summed E-state index contributed by atoms with van der Waals surface area (Å²) in [6, 6.07) is 10.3. The van der Waals surface area contributed by atoms with Gasteiger partial charge in [0.1, 0.15) is 12.4 Å². The van der Waals surface area contributed by atoms with Crippen LogP contribution in [0.25, 0.3) is 0 Å². The summed E-state index contributed by atoms with van der Waals surface area (Å²) in [5.74, 6) is -0.483. The van der Waals surface area contributed by atoms with Gasteiger partial charge < -0.3 is 9.84 Å². The zero-order valence-corrected chi connectivity index (χ0v) is 10.1. The molecular weight excluding hydrogens is 254 g/mol. The second-order valence-electron chi connectivity index (χ2n) is 3.56. The molecule has 0 unspecified atom stereocenters. The molecule has 5 heteroatoms. The lowest BCUT2D eigenvalue weighted by Gasteiger charge is -2.08. The van der Waals surface area contributed by atoms with Gasteiger partial charge in [0.2, 0.25) is 0 Å². The van der Waals surface area contributed by atoms with Gasteiger partial charge in [0, 0.05) is 16.8 Å². The van der Waals surface area contributed by atoms with E-state index < -0.39 is 5.97 Å². The fraction of sp³-hybridized carbons (Fsp3) is 0.0769. The predicted molar refractivity (Wildman–Crippen MR) is 67.0 cm³/mol. The van der Waals surface area contributed by atoms with Gasteiger partial charge in [-0.1, -0.05) is 23.7 Å². The second-order valence-corrected chi connectivity index (χ2v) is 4.00. The van der Waals surface area contributed by atoms with Gasteiger partial charge in [0.25, 0.3) is 0 Å². The Kier molecular flexibility index (Phi) is 3.79. The molecule has 1 aromatic heterocycles. The third kappa shape index (κ3) is 2.99. The minimum absolute atomic E-state index is 0.000437. The van der Waals surface area contributed by atoms with Gasteiger partial charge in [-0.3, -0.25) is 0 Å². The largest absolute Gasteiger partial charge is 0.489 e. The number of rotatable bonds is 4. The van der Waals surface area contributed by atoms with Crippen LogP contribution in [0.3, 0.4) is 0 Å². The molecule has 0 aliphatic heterocycles. The number of ether oxygens (including phenoxy) is 1. The third-order valence-electron chi connectivity index (χ3n) is 2.28. The molecule has 1 aromatic carbocycles. The standard InChI is InChI=1S/C13H10ClNO3/c14-10-4-1-5-11(7-10)18-8-9-3-2-6-15-12(9)13(16)17/h1-7H,8H2,(H,16,17). The molecule has 1 heterocycles. The first-order chi connectivity index (χ1) is 8.66. The summed E-state index contributed by atoms with van der Waals surface area (Å²) in [4.78, 5) is 14.8. The van der Waals surface area contributed by atoms with Crippen molar-refractivity contribution in [1.82, 2.24) is 4.98 Å². The summed E-state index contributed by atoms with van der Waals surface area (Å²) in [5, 5.41) is 9.53. The molecule has 0 amide bonds. The molecule has 92 valence electrons. The number of benzene rings is 1. The van der Waals surface area contributed by atoms with Crippen LogP contribution in [0.2, 0.25) is 5.02 Å². The lowest BCUT2D eigenvalue weighted by molar-refractivity contribution is 0.0687. The van der Waals surface area contributed by atoms with Crippen molar-refractivity contribution in [2.24, 2.45) is 0 Å². The van der Waals surface area contributed by atoms with Crippen LogP contribution >= 0.6 is 11.6 Å². The van der Waals surface area contributed by atoms with E-state index in [1.807, 2.05) is 0 Å². The molecule has 0 radical (unpaired) electrons. The molecule has 0 saturated carbocycles. The van der Waals surface area contributed by atoms with E-state index in [1.54, 1.807) is 36.4 Å². The Bertz CT molecular complexity index is 572. The van der Waals surface area contributed by atoms with Gasteiger partial charge in [-0.2, -0.15) is 0 Å². The molecule has 2 rings (SSSR count). The third-order valence-corrected chi connectivity index (χ3v) is 2.52. The van der Waals surface area contributed by atoms with E-state index >= 15 is 0 Å². The smallest absolute Gasteiger partial charge is 0.354 e. The molecule has 1 N–H and O–H groups in total. The SMILES string of the molecule is O=C(O)c1ncccc1COc1cccc(Cl)c1. The number of aromatic carboxylic acids is 1. The lowest BCUT2D eigenvalue weighted by atomic mass is 10.2. The van der Waals surface area contributed by atoms with Crippen LogP contribution < -0.4 is 4.74 Å². The quantitative estimate of drug-likeness (QED) is 0.921. The average Bonchev–Trinajstić information content (AvgIpc) is 2.37. The molecule has 0 aliphatic carbocycles. The van der Waals surface area contributed by atoms with Crippen molar-refractivity contribution >= 4 is 17.6 Å². The fourth-order valence-corrected chi connectivity index (χ4v) is 1.65. The van der Waals surface area contributed by atoms with Crippen molar-refractivity contribution < 1.29 is 14.6 Å². The number of pyridine rings is 1. The summed E-state index contributed by atoms with van der Waals surface area (Å²) in [5.41, 5.74) is 0.518. The summed E-state index contributed by atoms with van der Waals surface area (Å²) < 4.78 is 5.48. The monoisotopic (exact) mass is 263 g/mol. The first-order valence-electron chi connectivity index (χ1n) is 5.22. The number of hydrogen-bond donors (Lipinski definition) is 1. The second kappa shape index (κ2) is 5.51. The lowest BCUT2D eigenvalue weighted by Crippen LogP contribution is -2.07. The van der Waals surface area contributed by atoms with Crippen molar-refractivity contribution in [3.8, 4) is 5.75 Å². The Hall–Kier alpha value is -2.07. The van der Waals surface area contributed by atoms with Gasteiger partial charge in [-0.25, -0.2) is 9.78 Å². The highest BCUT2D eigenvalue weighted by Gasteiger charge is 2.11. The van der Waals surface area contributed by atoms with E-state index in [0.29, 0.717) is 16.3 Å². The summed E-state index contributed by atoms with van der Waals surface area (Å²) >= 11 is 5.82. The molecule has 2 aromatic rings. The molecular formula is C13H10ClNO3. The molecule has 0 atom stereocenters. The van der Waals surface area contributed by atoms with E-state index in [4.69, 9.17) is 21.4 Å². The van der Waals surface area contributed by atoms with Gasteiger partial charge in [0.15, 0.2) is 5.69 Å². The highest BCUT2D eigenvalue weighted by molar-refractivity contribution is 6.30. The van der Waals surface area contributed by atoms with Crippen LogP contribution in [0, 0.1) is 0 Å². The van der Waals surface area contributed by atoms with Crippen LogP contribution in [0.15, 0.2) is 42.6 Å². The van der Waals surface area contributed by atoms with Gasteiger partial charge in [-0.05, 0) is 24.3 Å². The van der Waals surface area contributed by atoms with Crippen LogP contribution in [-0.4, -0.2) is 16.1 Å². The molecule has 0 fully saturated rings. The molecule has 4 nitrogen and oxygen atoms in total. The maximum absolute atomic E-state index is 10.9. The van der Waals surface area contributed by atoms with Crippen LogP contribution in [0.5, 0.6) is 5.75 Å². The van der Waals surface area contributed by atoms with E-state index in [9.17, 15) is 4.79 Å². The average molecular weight is 264 g/mol. The maximum atomic E-state index is 10.9. The Morgan fingerprint density at radius 1 is 1.33 bits per heavy atom. The zero-order chi connectivity index (χ0) is 13.0. The van der Waals surface area contributed by atoms with Gasteiger partial charge in [-0.15, -0.1) is 0 Å². The highest BCUT2D eigenvalue weighted by Crippen LogP contribution is 2.18. The summed E-state index contributed by atoms with van der Waals surface area (Å²) in [7, 11) is 0. The van der Waals surface area contributed by atoms with Gasteiger partial charge in [0.05, 0.1) is 0 Å². The number of aromatic nitrogens is 1. The topological polar surface area (TPSA) is 59.4 Å². The Morgan fingerprint density at radius 2 is 2.17 bits per heavy atom. The number of carboxylic acids is 1. The van der Waals surface area contributed by atoms with E-state index in [-0.39, 0.29) is 12.3 Å². The molecule has 0 aliphatic rings. The molecule has 18 heavy (non-hydrogen) atoms. The normalized spacial score (nSPS) is 10.1. The first-order valence-corrected chi connectivity index (χ1v) is 5.60. The minimum atomic E-state index is -1.07. The van der Waals surface area contributed by atoms with Crippen molar-refractivity contribution in [2.45, 2.75) is 6.61 Å². The van der Waals surface area contributed by atoms with E-state index in [2.05, 4.69) is 4.98 Å². The predicted octanol–water partition coefficient (Wildman–Crippen LogP) is 3.01. The number of carbonyl (C=O) groups is 1. The highest BCUT2D eigenvalue weighted by atomic mass is 35.5. The van der Waals surface area contributed by atoms with Crippen molar-refractivity contribution in [3.05, 3.63) is 58.9 Å². The van der Waals surface area contributed by atoms with E-state index in [1.165, 1.54) is 6.20 Å². The van der Waals surface area contributed by atoms with E-state index in [0.717, 1.165) is 0 Å². The van der Waals surface area contributed by atoms with Crippen LogP contribution in [-0.2, 0) is 6.61 Å². The number of nitrogens with zero attached hydrogens (tertiary/aromatic N) is 1. The fourth-order valence-electron chi connectivity index (χ4n) is 1.47. The number of halogens is 1. The number of hydrogen-bond acceptors (Lipinski definition) is 3. The maximum Gasteiger partial charge on any atom is 0.354 e. The van der Waals surface area contributed by atoms with Crippen LogP contribution in [0.1, 0.15) is 16.1 Å². The summed E-state index contributed by atoms with van der Waals surface area (Å²) in [6.45, 7) is 0.135. The first kappa shape index (κ1) is 12.4. The minimum Gasteiger partial charge on any atom is -0.489 e. The molecule has 0 bridgehead atoms. The zero-order valence-electron chi connectivity index (χ0n) is 9.34. The van der Waals surface area contributed by atoms with Crippen LogP contribution in [0.4, 0.5) is 0 Å².